The van der Waals surface area contributed by atoms with E-state index in [-0.39, 0.29) is 12.3 Å². The van der Waals surface area contributed by atoms with Gasteiger partial charge in [-0.25, -0.2) is 9.37 Å². The fourth-order valence-electron chi connectivity index (χ4n) is 2.69. The number of benzene rings is 2. The fraction of sp³-hybridized carbons (Fsp3) is 0.150. The first kappa shape index (κ1) is 18.1. The average molecular weight is 397 g/mol. The second kappa shape index (κ2) is 7.40. The van der Waals surface area contributed by atoms with Gasteiger partial charge in [0, 0.05) is 6.07 Å². The summed E-state index contributed by atoms with van der Waals surface area (Å²) in [5.41, 5.74) is 2.55. The molecule has 1 N–H and O–H groups in total. The van der Waals surface area contributed by atoms with Gasteiger partial charge in [0.05, 0.1) is 15.8 Å². The van der Waals surface area contributed by atoms with Crippen molar-refractivity contribution in [2.75, 3.05) is 5.32 Å². The Balaban J connectivity index is 1.52. The predicted molar refractivity (Wildman–Crippen MR) is 104 cm³/mol. The van der Waals surface area contributed by atoms with E-state index in [2.05, 4.69) is 15.5 Å². The first-order valence-electron chi connectivity index (χ1n) is 8.51. The van der Waals surface area contributed by atoms with E-state index >= 15 is 0 Å². The number of rotatable bonds is 5. The van der Waals surface area contributed by atoms with E-state index in [1.54, 1.807) is 19.1 Å². The molecule has 0 saturated heterocycles. The van der Waals surface area contributed by atoms with Gasteiger partial charge in [0.15, 0.2) is 10.8 Å². The van der Waals surface area contributed by atoms with Gasteiger partial charge in [-0.2, -0.15) is 0 Å². The maximum absolute atomic E-state index is 13.3. The molecule has 0 spiro atoms. The number of anilines is 1. The van der Waals surface area contributed by atoms with Crippen molar-refractivity contribution in [1.82, 2.24) is 10.1 Å². The van der Waals surface area contributed by atoms with E-state index in [4.69, 9.17) is 9.26 Å². The van der Waals surface area contributed by atoms with E-state index in [0.29, 0.717) is 22.2 Å². The molecule has 142 valence electrons. The SMILES string of the molecule is Cc1ccc2nc(NC(=O)c3noc(C)c3COc3cccc(F)c3)sc2c1. The van der Waals surface area contributed by atoms with E-state index in [1.165, 1.54) is 23.5 Å². The van der Waals surface area contributed by atoms with Crippen molar-refractivity contribution in [3.8, 4) is 5.75 Å². The highest BCUT2D eigenvalue weighted by Gasteiger charge is 2.21. The lowest BCUT2D eigenvalue weighted by Crippen LogP contribution is -2.15. The number of halogens is 1. The van der Waals surface area contributed by atoms with Crippen molar-refractivity contribution in [1.29, 1.82) is 0 Å². The van der Waals surface area contributed by atoms with Crippen molar-refractivity contribution in [3.05, 3.63) is 70.9 Å². The molecule has 0 aliphatic carbocycles. The van der Waals surface area contributed by atoms with Crippen LogP contribution in [0.2, 0.25) is 0 Å². The highest BCUT2D eigenvalue weighted by atomic mass is 32.1. The number of carbonyl (C=O) groups is 1. The second-order valence-corrected chi connectivity index (χ2v) is 7.29. The average Bonchev–Trinajstić information content (AvgIpc) is 3.22. The number of nitrogens with one attached hydrogen (secondary N) is 1. The molecule has 0 bridgehead atoms. The number of thiazole rings is 1. The topological polar surface area (TPSA) is 77.3 Å². The monoisotopic (exact) mass is 397 g/mol. The zero-order valence-electron chi connectivity index (χ0n) is 15.2. The van der Waals surface area contributed by atoms with Crippen molar-refractivity contribution < 1.29 is 18.4 Å². The molecule has 0 aliphatic heterocycles. The van der Waals surface area contributed by atoms with Crippen LogP contribution >= 0.6 is 11.3 Å². The van der Waals surface area contributed by atoms with Crippen molar-refractivity contribution >= 4 is 32.6 Å². The van der Waals surface area contributed by atoms with Crippen LogP contribution in [0.15, 0.2) is 47.0 Å². The Morgan fingerprint density at radius 1 is 1.25 bits per heavy atom. The number of ether oxygens (including phenoxy) is 1. The van der Waals surface area contributed by atoms with Crippen LogP contribution in [-0.4, -0.2) is 16.0 Å². The van der Waals surface area contributed by atoms with Gasteiger partial charge < -0.3 is 9.26 Å². The Hall–Kier alpha value is -3.26. The van der Waals surface area contributed by atoms with Crippen LogP contribution in [0.1, 0.15) is 27.4 Å². The van der Waals surface area contributed by atoms with Crippen LogP contribution in [-0.2, 0) is 6.61 Å². The van der Waals surface area contributed by atoms with Gasteiger partial charge in [-0.05, 0) is 43.7 Å². The normalized spacial score (nSPS) is 11.0. The molecule has 4 rings (SSSR count). The van der Waals surface area contributed by atoms with E-state index < -0.39 is 11.7 Å². The Kier molecular flexibility index (Phi) is 4.79. The molecule has 2 heterocycles. The predicted octanol–water partition coefficient (Wildman–Crippen LogP) is 4.87. The minimum Gasteiger partial charge on any atom is -0.489 e. The molecule has 2 aromatic heterocycles. The molecule has 1 amide bonds. The van der Waals surface area contributed by atoms with Crippen LogP contribution in [0, 0.1) is 19.7 Å². The highest BCUT2D eigenvalue weighted by Crippen LogP contribution is 2.27. The van der Waals surface area contributed by atoms with Crippen molar-refractivity contribution in [2.24, 2.45) is 0 Å². The molecule has 6 nitrogen and oxygen atoms in total. The second-order valence-electron chi connectivity index (χ2n) is 6.26. The van der Waals surface area contributed by atoms with Gasteiger partial charge in [-0.1, -0.05) is 28.6 Å². The third-order valence-electron chi connectivity index (χ3n) is 4.14. The summed E-state index contributed by atoms with van der Waals surface area (Å²) >= 11 is 1.38. The Labute approximate surface area is 164 Å². The van der Waals surface area contributed by atoms with Crippen LogP contribution < -0.4 is 10.1 Å². The molecule has 4 aromatic rings. The summed E-state index contributed by atoms with van der Waals surface area (Å²) in [6.07, 6.45) is 0. The third kappa shape index (κ3) is 3.72. The van der Waals surface area contributed by atoms with Crippen molar-refractivity contribution in [3.63, 3.8) is 0 Å². The molecule has 0 atom stereocenters. The van der Waals surface area contributed by atoms with Crippen LogP contribution in [0.4, 0.5) is 9.52 Å². The van der Waals surface area contributed by atoms with E-state index in [1.807, 2.05) is 25.1 Å². The molecule has 0 radical (unpaired) electrons. The quantitative estimate of drug-likeness (QED) is 0.520. The molecule has 0 saturated carbocycles. The molecule has 0 unspecified atom stereocenters. The first-order chi connectivity index (χ1) is 13.5. The van der Waals surface area contributed by atoms with Gasteiger partial charge in [-0.15, -0.1) is 0 Å². The van der Waals surface area contributed by atoms with Crippen LogP contribution in [0.5, 0.6) is 5.75 Å². The summed E-state index contributed by atoms with van der Waals surface area (Å²) in [5.74, 6) is -0.0240. The minimum absolute atomic E-state index is 0.0284. The van der Waals surface area contributed by atoms with Gasteiger partial charge >= 0.3 is 0 Å². The number of carbonyl (C=O) groups excluding carboxylic acids is 1. The lowest BCUT2D eigenvalue weighted by Gasteiger charge is -2.06. The first-order valence-corrected chi connectivity index (χ1v) is 9.33. The molecule has 2 aromatic carbocycles. The Bertz CT molecular complexity index is 1170. The van der Waals surface area contributed by atoms with Gasteiger partial charge in [0.2, 0.25) is 0 Å². The number of fused-ring (bicyclic) bond motifs is 1. The standard InChI is InChI=1S/C20H16FN3O3S/c1-11-6-7-16-17(8-11)28-20(22-16)23-19(25)18-15(12(2)27-24-18)10-26-14-5-3-4-13(21)9-14/h3-9H,10H2,1-2H3,(H,22,23,25). The van der Waals surface area contributed by atoms with E-state index in [9.17, 15) is 9.18 Å². The summed E-state index contributed by atoms with van der Waals surface area (Å²) in [5, 5.41) is 7.08. The smallest absolute Gasteiger partial charge is 0.280 e. The molecule has 0 fully saturated rings. The lowest BCUT2D eigenvalue weighted by molar-refractivity contribution is 0.101. The summed E-state index contributed by atoms with van der Waals surface area (Å²) in [4.78, 5) is 17.1. The van der Waals surface area contributed by atoms with Gasteiger partial charge in [0.1, 0.15) is 23.9 Å². The number of nitrogens with zero attached hydrogens (tertiary/aromatic N) is 2. The van der Waals surface area contributed by atoms with Crippen molar-refractivity contribution in [2.45, 2.75) is 20.5 Å². The maximum atomic E-state index is 13.3. The lowest BCUT2D eigenvalue weighted by atomic mass is 10.2. The van der Waals surface area contributed by atoms with Gasteiger partial charge in [0.25, 0.3) is 5.91 Å². The zero-order chi connectivity index (χ0) is 19.7. The minimum atomic E-state index is -0.439. The summed E-state index contributed by atoms with van der Waals surface area (Å²) in [6.45, 7) is 3.72. The third-order valence-corrected chi connectivity index (χ3v) is 5.08. The Morgan fingerprint density at radius 2 is 2.11 bits per heavy atom. The molecule has 0 aliphatic rings. The number of aryl methyl sites for hydroxylation is 2. The number of aromatic nitrogens is 2. The summed E-state index contributed by atoms with van der Waals surface area (Å²) < 4.78 is 25.0. The largest absolute Gasteiger partial charge is 0.489 e. The van der Waals surface area contributed by atoms with Crippen LogP contribution in [0.3, 0.4) is 0 Å². The van der Waals surface area contributed by atoms with E-state index in [0.717, 1.165) is 15.8 Å². The number of hydrogen-bond acceptors (Lipinski definition) is 6. The number of amides is 1. The zero-order valence-corrected chi connectivity index (χ0v) is 16.0. The van der Waals surface area contributed by atoms with Crippen LogP contribution in [0.25, 0.3) is 10.2 Å². The Morgan fingerprint density at radius 3 is 2.93 bits per heavy atom. The summed E-state index contributed by atoms with van der Waals surface area (Å²) in [6, 6.07) is 11.7. The number of hydrogen-bond donors (Lipinski definition) is 1. The molecule has 28 heavy (non-hydrogen) atoms. The maximum Gasteiger partial charge on any atom is 0.280 e. The summed E-state index contributed by atoms with van der Waals surface area (Å²) in [7, 11) is 0. The molecule has 8 heteroatoms. The molecular weight excluding hydrogens is 381 g/mol. The van der Waals surface area contributed by atoms with Gasteiger partial charge in [-0.3, -0.25) is 10.1 Å². The molecular formula is C20H16FN3O3S. The fourth-order valence-corrected chi connectivity index (χ4v) is 3.65. The highest BCUT2D eigenvalue weighted by molar-refractivity contribution is 7.22.